The zero-order valence-electron chi connectivity index (χ0n) is 22.5. The number of aliphatic imine (C=N–C) groups is 1. The number of likely N-dealkylation sites (N-methyl/N-ethyl adjacent to an activating group) is 1. The Balaban J connectivity index is 1.20. The summed E-state index contributed by atoms with van der Waals surface area (Å²) in [5.74, 6) is 2.21. The number of para-hydroxylation sites is 1. The fraction of sp³-hybridized carbons (Fsp3) is 0.400. The molecule has 5 heterocycles. The minimum absolute atomic E-state index is 0.0365. The monoisotopic (exact) mass is 521 g/mol. The molecule has 0 amide bonds. The van der Waals surface area contributed by atoms with E-state index in [0.29, 0.717) is 5.95 Å². The summed E-state index contributed by atoms with van der Waals surface area (Å²) in [6, 6.07) is 16.6. The summed E-state index contributed by atoms with van der Waals surface area (Å²) in [7, 11) is 2.17. The fourth-order valence-corrected chi connectivity index (χ4v) is 6.26. The third-order valence-corrected chi connectivity index (χ3v) is 8.47. The van der Waals surface area contributed by atoms with Gasteiger partial charge in [-0.25, -0.2) is 9.97 Å². The number of benzene rings is 1. The first-order valence-electron chi connectivity index (χ1n) is 14.1. The van der Waals surface area contributed by atoms with Crippen molar-refractivity contribution in [3.05, 3.63) is 66.6 Å². The number of fused-ring (bicyclic) bond motifs is 4. The molecule has 0 atom stereocenters. The number of piperazine rings is 1. The van der Waals surface area contributed by atoms with Crippen molar-refractivity contribution in [1.29, 1.82) is 0 Å². The van der Waals surface area contributed by atoms with Crippen LogP contribution in [0.5, 0.6) is 0 Å². The number of anilines is 4. The molecule has 2 aliphatic heterocycles. The first-order chi connectivity index (χ1) is 19.2. The third kappa shape index (κ3) is 4.61. The van der Waals surface area contributed by atoms with Crippen molar-refractivity contribution < 1.29 is 0 Å². The Hall–Kier alpha value is -3.98. The van der Waals surface area contributed by atoms with E-state index in [0.717, 1.165) is 85.3 Å². The third-order valence-electron chi connectivity index (χ3n) is 8.47. The first-order valence-corrected chi connectivity index (χ1v) is 14.1. The highest BCUT2D eigenvalue weighted by atomic mass is 15.3. The molecule has 2 N–H and O–H groups in total. The van der Waals surface area contributed by atoms with Gasteiger partial charge in [-0.2, -0.15) is 4.98 Å². The van der Waals surface area contributed by atoms with Crippen molar-refractivity contribution >= 4 is 40.0 Å². The molecule has 1 aliphatic carbocycles. The van der Waals surface area contributed by atoms with Gasteiger partial charge in [0.1, 0.15) is 17.3 Å². The SMILES string of the molecule is CN1CCN(c2ccc(Nc3ncc4cc5n(c4n3)C3(CCCCC3)CN=C5Nc3ccccc3)nc2)CC1. The van der Waals surface area contributed by atoms with E-state index in [-0.39, 0.29) is 5.54 Å². The van der Waals surface area contributed by atoms with Crippen LogP contribution < -0.4 is 15.5 Å². The summed E-state index contributed by atoms with van der Waals surface area (Å²) in [6.45, 7) is 4.96. The van der Waals surface area contributed by atoms with Gasteiger partial charge in [0.05, 0.1) is 29.7 Å². The van der Waals surface area contributed by atoms with E-state index in [4.69, 9.17) is 9.98 Å². The lowest BCUT2D eigenvalue weighted by molar-refractivity contribution is 0.204. The fourth-order valence-electron chi connectivity index (χ4n) is 6.26. The summed E-state index contributed by atoms with van der Waals surface area (Å²) in [4.78, 5) is 24.2. The molecule has 3 aromatic heterocycles. The number of nitrogens with one attached hydrogen (secondary N) is 2. The Bertz CT molecular complexity index is 1480. The van der Waals surface area contributed by atoms with Crippen molar-refractivity contribution in [3.63, 3.8) is 0 Å². The van der Waals surface area contributed by atoms with Crippen LogP contribution in [0.3, 0.4) is 0 Å². The van der Waals surface area contributed by atoms with E-state index in [2.05, 4.69) is 66.3 Å². The summed E-state index contributed by atoms with van der Waals surface area (Å²) in [5.41, 5.74) is 4.20. The van der Waals surface area contributed by atoms with Crippen molar-refractivity contribution in [2.24, 2.45) is 4.99 Å². The van der Waals surface area contributed by atoms with Crippen LogP contribution in [0.4, 0.5) is 23.1 Å². The molecule has 7 rings (SSSR count). The van der Waals surface area contributed by atoms with E-state index >= 15 is 0 Å². The lowest BCUT2D eigenvalue weighted by atomic mass is 9.80. The van der Waals surface area contributed by atoms with Crippen LogP contribution in [0.1, 0.15) is 37.8 Å². The summed E-state index contributed by atoms with van der Waals surface area (Å²) in [5, 5.41) is 7.94. The minimum Gasteiger partial charge on any atom is -0.368 e. The maximum absolute atomic E-state index is 5.08. The summed E-state index contributed by atoms with van der Waals surface area (Å²) >= 11 is 0. The smallest absolute Gasteiger partial charge is 0.230 e. The van der Waals surface area contributed by atoms with E-state index < -0.39 is 0 Å². The molecule has 0 unspecified atom stereocenters. The van der Waals surface area contributed by atoms with Gasteiger partial charge in [-0.3, -0.25) is 4.99 Å². The van der Waals surface area contributed by atoms with E-state index in [1.165, 1.54) is 19.3 Å². The Morgan fingerprint density at radius 3 is 2.44 bits per heavy atom. The minimum atomic E-state index is -0.0365. The molecule has 0 bridgehead atoms. The van der Waals surface area contributed by atoms with Gasteiger partial charge < -0.3 is 25.0 Å². The van der Waals surface area contributed by atoms with Gasteiger partial charge in [-0.15, -0.1) is 0 Å². The molecule has 200 valence electrons. The molecule has 2 fully saturated rings. The molecule has 1 spiro atoms. The number of nitrogens with zero attached hydrogens (tertiary/aromatic N) is 7. The molecule has 1 saturated heterocycles. The van der Waals surface area contributed by atoms with Crippen LogP contribution in [-0.4, -0.2) is 70.0 Å². The molecule has 9 heteroatoms. The molecule has 9 nitrogen and oxygen atoms in total. The molecule has 1 saturated carbocycles. The van der Waals surface area contributed by atoms with Gasteiger partial charge in [0.2, 0.25) is 5.95 Å². The second-order valence-corrected chi connectivity index (χ2v) is 11.1. The largest absolute Gasteiger partial charge is 0.368 e. The zero-order chi connectivity index (χ0) is 26.2. The van der Waals surface area contributed by atoms with Crippen LogP contribution in [0.2, 0.25) is 0 Å². The number of aromatic nitrogens is 4. The lowest BCUT2D eigenvalue weighted by Gasteiger charge is -2.41. The highest BCUT2D eigenvalue weighted by Gasteiger charge is 2.40. The number of rotatable bonds is 4. The lowest BCUT2D eigenvalue weighted by Crippen LogP contribution is -2.44. The van der Waals surface area contributed by atoms with E-state index in [1.807, 2.05) is 36.7 Å². The average molecular weight is 522 g/mol. The zero-order valence-corrected chi connectivity index (χ0v) is 22.5. The Kier molecular flexibility index (Phi) is 6.15. The normalized spacial score (nSPS) is 19.1. The van der Waals surface area contributed by atoms with Gasteiger partial charge in [-0.1, -0.05) is 37.5 Å². The number of amidine groups is 1. The van der Waals surface area contributed by atoms with Crippen LogP contribution in [0.15, 0.2) is 65.9 Å². The second kappa shape index (κ2) is 9.96. The van der Waals surface area contributed by atoms with Crippen LogP contribution >= 0.6 is 0 Å². The molecular formula is C30H35N9. The predicted molar refractivity (Wildman–Crippen MR) is 157 cm³/mol. The Labute approximate surface area is 229 Å². The number of hydrogen-bond donors (Lipinski definition) is 2. The highest BCUT2D eigenvalue weighted by Crippen LogP contribution is 2.41. The van der Waals surface area contributed by atoms with Gasteiger partial charge in [-0.05, 0) is 50.2 Å². The number of hydrogen-bond acceptors (Lipinski definition) is 8. The Morgan fingerprint density at radius 2 is 1.67 bits per heavy atom. The highest BCUT2D eigenvalue weighted by molar-refractivity contribution is 6.10. The maximum atomic E-state index is 5.08. The average Bonchev–Trinajstić information content (AvgIpc) is 3.37. The first kappa shape index (κ1) is 24.1. The van der Waals surface area contributed by atoms with Crippen molar-refractivity contribution in [3.8, 4) is 0 Å². The molecule has 3 aliphatic rings. The second-order valence-electron chi connectivity index (χ2n) is 11.1. The summed E-state index contributed by atoms with van der Waals surface area (Å²) in [6.07, 6.45) is 9.83. The molecule has 39 heavy (non-hydrogen) atoms. The quantitative estimate of drug-likeness (QED) is 0.397. The van der Waals surface area contributed by atoms with Crippen LogP contribution in [-0.2, 0) is 5.54 Å². The molecule has 0 radical (unpaired) electrons. The molecule has 1 aromatic carbocycles. The molecule has 4 aromatic rings. The van der Waals surface area contributed by atoms with E-state index in [9.17, 15) is 0 Å². The van der Waals surface area contributed by atoms with Gasteiger partial charge in [0.25, 0.3) is 0 Å². The van der Waals surface area contributed by atoms with Gasteiger partial charge in [0.15, 0.2) is 0 Å². The van der Waals surface area contributed by atoms with Gasteiger partial charge in [0, 0.05) is 43.4 Å². The molecular weight excluding hydrogens is 486 g/mol. The summed E-state index contributed by atoms with van der Waals surface area (Å²) < 4.78 is 2.45. The maximum Gasteiger partial charge on any atom is 0.230 e. The standard InChI is InChI=1S/C30H35N9/c1-37-14-16-38(17-15-37)24-10-11-26(31-20-24)35-29-32-19-22-18-25-27(34-23-8-4-2-5-9-23)33-21-30(12-6-3-7-13-30)39(25)28(22)36-29/h2,4-5,8-11,18-20H,3,6-7,12-17,21H2,1H3,(H,33,34)(H,31,32,35,36). The van der Waals surface area contributed by atoms with Crippen LogP contribution in [0.25, 0.3) is 11.0 Å². The van der Waals surface area contributed by atoms with E-state index in [1.54, 1.807) is 0 Å². The Morgan fingerprint density at radius 1 is 0.846 bits per heavy atom. The topological polar surface area (TPSA) is 86.5 Å². The van der Waals surface area contributed by atoms with Crippen LogP contribution in [0, 0.1) is 0 Å². The van der Waals surface area contributed by atoms with Crippen molar-refractivity contribution in [2.75, 3.05) is 55.3 Å². The van der Waals surface area contributed by atoms with Crippen molar-refractivity contribution in [2.45, 2.75) is 37.6 Å². The predicted octanol–water partition coefficient (Wildman–Crippen LogP) is 4.85. The van der Waals surface area contributed by atoms with Crippen molar-refractivity contribution in [1.82, 2.24) is 24.4 Å². The number of pyridine rings is 1. The van der Waals surface area contributed by atoms with Gasteiger partial charge >= 0.3 is 0 Å².